The zero-order chi connectivity index (χ0) is 13.0. The summed E-state index contributed by atoms with van der Waals surface area (Å²) in [6.45, 7) is 2.46. The molecule has 1 aromatic rings. The number of para-hydroxylation sites is 1. The molecule has 1 amide bonds. The monoisotopic (exact) mass is 248 g/mol. The van der Waals surface area contributed by atoms with Gasteiger partial charge in [0.15, 0.2) is 0 Å². The second-order valence-corrected chi connectivity index (χ2v) is 4.70. The standard InChI is InChI=1S/C14H20N2O2/c1-2-11(17)7-8-15-14(18)13-9-10-5-3-4-6-12(10)16-13/h3-6,11,13,16-17H,2,7-9H2,1H3,(H,15,18)/t11?,13-/m0/s1. The van der Waals surface area contributed by atoms with Crippen LogP contribution in [0.1, 0.15) is 25.3 Å². The van der Waals surface area contributed by atoms with E-state index in [0.717, 1.165) is 18.5 Å². The molecule has 0 radical (unpaired) electrons. The average Bonchev–Trinajstić information content (AvgIpc) is 2.82. The molecule has 18 heavy (non-hydrogen) atoms. The van der Waals surface area contributed by atoms with Gasteiger partial charge in [-0.25, -0.2) is 0 Å². The highest BCUT2D eigenvalue weighted by Crippen LogP contribution is 2.24. The van der Waals surface area contributed by atoms with Gasteiger partial charge in [-0.15, -0.1) is 0 Å². The Kier molecular flexibility index (Phi) is 4.20. The zero-order valence-corrected chi connectivity index (χ0v) is 10.6. The predicted octanol–water partition coefficient (Wildman–Crippen LogP) is 1.30. The van der Waals surface area contributed by atoms with Crippen LogP contribution >= 0.6 is 0 Å². The van der Waals surface area contributed by atoms with E-state index in [0.29, 0.717) is 13.0 Å². The number of rotatable bonds is 5. The molecular weight excluding hydrogens is 228 g/mol. The summed E-state index contributed by atoms with van der Waals surface area (Å²) in [5.41, 5.74) is 2.23. The van der Waals surface area contributed by atoms with Gasteiger partial charge in [-0.3, -0.25) is 4.79 Å². The summed E-state index contributed by atoms with van der Waals surface area (Å²) in [6, 6.07) is 7.79. The summed E-state index contributed by atoms with van der Waals surface area (Å²) in [7, 11) is 0. The maximum absolute atomic E-state index is 11.9. The Labute approximate surface area is 107 Å². The van der Waals surface area contributed by atoms with E-state index in [1.54, 1.807) is 0 Å². The van der Waals surface area contributed by atoms with E-state index in [4.69, 9.17) is 0 Å². The smallest absolute Gasteiger partial charge is 0.242 e. The molecule has 1 aliphatic heterocycles. The Bertz CT molecular complexity index is 395. The first-order valence-corrected chi connectivity index (χ1v) is 6.51. The number of amides is 1. The first-order chi connectivity index (χ1) is 8.70. The summed E-state index contributed by atoms with van der Waals surface area (Å²) in [5, 5.41) is 15.5. The number of carbonyl (C=O) groups is 1. The van der Waals surface area contributed by atoms with Crippen molar-refractivity contribution in [3.8, 4) is 0 Å². The molecule has 0 bridgehead atoms. The minimum Gasteiger partial charge on any atom is -0.393 e. The van der Waals surface area contributed by atoms with Gasteiger partial charge in [0, 0.05) is 18.7 Å². The van der Waals surface area contributed by atoms with Crippen molar-refractivity contribution in [2.24, 2.45) is 0 Å². The van der Waals surface area contributed by atoms with Crippen LogP contribution in [0.3, 0.4) is 0 Å². The van der Waals surface area contributed by atoms with E-state index in [1.165, 1.54) is 5.56 Å². The fourth-order valence-corrected chi connectivity index (χ4v) is 2.15. The molecule has 0 spiro atoms. The van der Waals surface area contributed by atoms with Crippen molar-refractivity contribution in [3.05, 3.63) is 29.8 Å². The molecule has 98 valence electrons. The van der Waals surface area contributed by atoms with E-state index in [2.05, 4.69) is 10.6 Å². The van der Waals surface area contributed by atoms with Crippen LogP contribution in [0.2, 0.25) is 0 Å². The normalized spacial score (nSPS) is 18.9. The fraction of sp³-hybridized carbons (Fsp3) is 0.500. The lowest BCUT2D eigenvalue weighted by molar-refractivity contribution is -0.121. The average molecular weight is 248 g/mol. The molecule has 0 fully saturated rings. The molecular formula is C14H20N2O2. The van der Waals surface area contributed by atoms with Crippen LogP contribution in [0.15, 0.2) is 24.3 Å². The van der Waals surface area contributed by atoms with E-state index in [9.17, 15) is 9.90 Å². The summed E-state index contributed by atoms with van der Waals surface area (Å²) in [5.74, 6) is 0.00880. The van der Waals surface area contributed by atoms with Gasteiger partial charge in [0.05, 0.1) is 6.10 Å². The van der Waals surface area contributed by atoms with Crippen LogP contribution in [0.5, 0.6) is 0 Å². The third-order valence-corrected chi connectivity index (χ3v) is 3.34. The van der Waals surface area contributed by atoms with Crippen molar-refractivity contribution in [2.45, 2.75) is 38.3 Å². The fourth-order valence-electron chi connectivity index (χ4n) is 2.15. The van der Waals surface area contributed by atoms with Gasteiger partial charge in [0.1, 0.15) is 6.04 Å². The number of aliphatic hydroxyl groups is 1. The number of aliphatic hydroxyl groups excluding tert-OH is 1. The number of hydrogen-bond acceptors (Lipinski definition) is 3. The lowest BCUT2D eigenvalue weighted by Crippen LogP contribution is -2.39. The molecule has 2 atom stereocenters. The van der Waals surface area contributed by atoms with Gasteiger partial charge < -0.3 is 15.7 Å². The van der Waals surface area contributed by atoms with Crippen LogP contribution in [-0.2, 0) is 11.2 Å². The van der Waals surface area contributed by atoms with Crippen molar-refractivity contribution in [3.63, 3.8) is 0 Å². The molecule has 4 nitrogen and oxygen atoms in total. The predicted molar refractivity (Wildman–Crippen MR) is 71.5 cm³/mol. The number of nitrogens with one attached hydrogen (secondary N) is 2. The molecule has 0 saturated heterocycles. The highest BCUT2D eigenvalue weighted by atomic mass is 16.3. The van der Waals surface area contributed by atoms with E-state index < -0.39 is 0 Å². The van der Waals surface area contributed by atoms with Crippen molar-refractivity contribution in [1.29, 1.82) is 0 Å². The van der Waals surface area contributed by atoms with E-state index in [1.807, 2.05) is 31.2 Å². The van der Waals surface area contributed by atoms with Gasteiger partial charge in [-0.2, -0.15) is 0 Å². The second kappa shape index (κ2) is 5.87. The van der Waals surface area contributed by atoms with Gasteiger partial charge in [0.25, 0.3) is 0 Å². The highest BCUT2D eigenvalue weighted by Gasteiger charge is 2.25. The van der Waals surface area contributed by atoms with Crippen molar-refractivity contribution in [2.75, 3.05) is 11.9 Å². The maximum Gasteiger partial charge on any atom is 0.242 e. The quantitative estimate of drug-likeness (QED) is 0.736. The summed E-state index contributed by atoms with van der Waals surface area (Å²) in [4.78, 5) is 11.9. The Morgan fingerprint density at radius 3 is 3.06 bits per heavy atom. The molecule has 1 aromatic carbocycles. The lowest BCUT2D eigenvalue weighted by atomic mass is 10.1. The van der Waals surface area contributed by atoms with E-state index in [-0.39, 0.29) is 18.1 Å². The number of fused-ring (bicyclic) bond motifs is 1. The SMILES string of the molecule is CCC(O)CCNC(=O)[C@@H]1Cc2ccccc2N1. The molecule has 1 aliphatic rings. The zero-order valence-electron chi connectivity index (χ0n) is 10.6. The van der Waals surface area contributed by atoms with Crippen molar-refractivity contribution < 1.29 is 9.90 Å². The maximum atomic E-state index is 11.9. The van der Waals surface area contributed by atoms with Gasteiger partial charge >= 0.3 is 0 Å². The molecule has 1 heterocycles. The van der Waals surface area contributed by atoms with Crippen LogP contribution in [0.4, 0.5) is 5.69 Å². The minimum atomic E-state index is -0.320. The number of anilines is 1. The summed E-state index contributed by atoms with van der Waals surface area (Å²) < 4.78 is 0. The van der Waals surface area contributed by atoms with E-state index >= 15 is 0 Å². The second-order valence-electron chi connectivity index (χ2n) is 4.70. The largest absolute Gasteiger partial charge is 0.393 e. The molecule has 4 heteroatoms. The molecule has 1 unspecified atom stereocenters. The van der Waals surface area contributed by atoms with Crippen LogP contribution in [-0.4, -0.2) is 29.7 Å². The molecule has 0 saturated carbocycles. The van der Waals surface area contributed by atoms with Crippen molar-refractivity contribution in [1.82, 2.24) is 5.32 Å². The molecule has 2 rings (SSSR count). The summed E-state index contributed by atoms with van der Waals surface area (Å²) in [6.07, 6.45) is 1.75. The highest BCUT2D eigenvalue weighted by molar-refractivity contribution is 5.87. The molecule has 3 N–H and O–H groups in total. The third-order valence-electron chi connectivity index (χ3n) is 3.34. The van der Waals surface area contributed by atoms with Gasteiger partial charge in [0.2, 0.25) is 5.91 Å². The first-order valence-electron chi connectivity index (χ1n) is 6.51. The Morgan fingerprint density at radius 1 is 1.56 bits per heavy atom. The Hall–Kier alpha value is -1.55. The number of hydrogen-bond donors (Lipinski definition) is 3. The number of carbonyl (C=O) groups excluding carboxylic acids is 1. The Balaban J connectivity index is 1.79. The first kappa shape index (κ1) is 12.9. The lowest BCUT2D eigenvalue weighted by Gasteiger charge is -2.13. The summed E-state index contributed by atoms with van der Waals surface area (Å²) >= 11 is 0. The third kappa shape index (κ3) is 3.01. The van der Waals surface area contributed by atoms with Gasteiger partial charge in [-0.1, -0.05) is 25.1 Å². The van der Waals surface area contributed by atoms with Gasteiger partial charge in [-0.05, 0) is 24.5 Å². The molecule has 0 aliphatic carbocycles. The molecule has 0 aromatic heterocycles. The van der Waals surface area contributed by atoms with Crippen LogP contribution in [0, 0.1) is 0 Å². The minimum absolute atomic E-state index is 0.00880. The van der Waals surface area contributed by atoms with Crippen molar-refractivity contribution >= 4 is 11.6 Å². The van der Waals surface area contributed by atoms with Crippen LogP contribution in [0.25, 0.3) is 0 Å². The topological polar surface area (TPSA) is 61.4 Å². The van der Waals surface area contributed by atoms with Crippen LogP contribution < -0.4 is 10.6 Å². The Morgan fingerprint density at radius 2 is 2.33 bits per heavy atom. The number of benzene rings is 1.